The minimum absolute atomic E-state index is 0.0174. The molecule has 0 bridgehead atoms. The first kappa shape index (κ1) is 12.6. The standard InChI is InChI=1S/C13H17BrN2O/c1-9-2-3-11(12(14)8-9)13(17)16-10-4-6-15-7-5-10/h2-3,8,10,15H,4-7H2,1H3,(H,16,17). The summed E-state index contributed by atoms with van der Waals surface area (Å²) in [6, 6.07) is 6.10. The Balaban J connectivity index is 2.03. The minimum atomic E-state index is 0.0174. The first-order valence-electron chi connectivity index (χ1n) is 5.94. The van der Waals surface area contributed by atoms with Crippen LogP contribution in [-0.2, 0) is 0 Å². The number of nitrogens with one attached hydrogen (secondary N) is 2. The van der Waals surface area contributed by atoms with Crippen molar-refractivity contribution in [3.8, 4) is 0 Å². The lowest BCUT2D eigenvalue weighted by Crippen LogP contribution is -2.42. The van der Waals surface area contributed by atoms with Crippen LogP contribution < -0.4 is 10.6 Å². The molecule has 4 heteroatoms. The number of hydrogen-bond acceptors (Lipinski definition) is 2. The van der Waals surface area contributed by atoms with E-state index >= 15 is 0 Å². The Bertz CT molecular complexity index is 414. The SMILES string of the molecule is Cc1ccc(C(=O)NC2CCNCC2)c(Br)c1. The predicted molar refractivity (Wildman–Crippen MR) is 72.2 cm³/mol. The van der Waals surface area contributed by atoms with Crippen LogP contribution in [0.2, 0.25) is 0 Å². The molecule has 0 radical (unpaired) electrons. The van der Waals surface area contributed by atoms with E-state index in [9.17, 15) is 4.79 Å². The van der Waals surface area contributed by atoms with E-state index in [4.69, 9.17) is 0 Å². The fraction of sp³-hybridized carbons (Fsp3) is 0.462. The van der Waals surface area contributed by atoms with Crippen LogP contribution in [-0.4, -0.2) is 25.0 Å². The molecule has 2 N–H and O–H groups in total. The lowest BCUT2D eigenvalue weighted by atomic mass is 10.1. The minimum Gasteiger partial charge on any atom is -0.349 e. The van der Waals surface area contributed by atoms with Crippen LogP contribution in [0, 0.1) is 6.92 Å². The van der Waals surface area contributed by atoms with Crippen molar-refractivity contribution < 1.29 is 4.79 Å². The molecule has 1 fully saturated rings. The lowest BCUT2D eigenvalue weighted by molar-refractivity contribution is 0.0929. The molecule has 1 amide bonds. The van der Waals surface area contributed by atoms with Gasteiger partial charge >= 0.3 is 0 Å². The summed E-state index contributed by atoms with van der Waals surface area (Å²) in [5.74, 6) is 0.0174. The van der Waals surface area contributed by atoms with Gasteiger partial charge in [-0.25, -0.2) is 0 Å². The lowest BCUT2D eigenvalue weighted by Gasteiger charge is -2.23. The zero-order chi connectivity index (χ0) is 12.3. The number of carbonyl (C=O) groups is 1. The van der Waals surface area contributed by atoms with E-state index in [0.29, 0.717) is 11.6 Å². The number of rotatable bonds is 2. The summed E-state index contributed by atoms with van der Waals surface area (Å²) in [6.07, 6.45) is 2.02. The Hall–Kier alpha value is -0.870. The third-order valence-electron chi connectivity index (χ3n) is 3.04. The summed E-state index contributed by atoms with van der Waals surface area (Å²) in [5, 5.41) is 6.37. The number of amides is 1. The number of aryl methyl sites for hydroxylation is 1. The van der Waals surface area contributed by atoms with Gasteiger partial charge in [0.25, 0.3) is 5.91 Å². The second kappa shape index (κ2) is 5.65. The van der Waals surface area contributed by atoms with Crippen LogP contribution in [0.4, 0.5) is 0 Å². The van der Waals surface area contributed by atoms with Crippen LogP contribution in [0.25, 0.3) is 0 Å². The molecule has 0 atom stereocenters. The molecule has 1 aliphatic rings. The van der Waals surface area contributed by atoms with Crippen LogP contribution in [0.1, 0.15) is 28.8 Å². The van der Waals surface area contributed by atoms with E-state index in [1.165, 1.54) is 0 Å². The molecule has 92 valence electrons. The van der Waals surface area contributed by atoms with Crippen molar-refractivity contribution in [1.82, 2.24) is 10.6 Å². The number of halogens is 1. The van der Waals surface area contributed by atoms with Gasteiger partial charge in [-0.15, -0.1) is 0 Å². The first-order valence-corrected chi connectivity index (χ1v) is 6.74. The predicted octanol–water partition coefficient (Wildman–Crippen LogP) is 2.24. The second-order valence-corrected chi connectivity index (χ2v) is 5.34. The van der Waals surface area contributed by atoms with Gasteiger partial charge in [-0.1, -0.05) is 6.07 Å². The Morgan fingerprint density at radius 2 is 2.12 bits per heavy atom. The quantitative estimate of drug-likeness (QED) is 0.879. The average Bonchev–Trinajstić information content (AvgIpc) is 2.30. The summed E-state index contributed by atoms with van der Waals surface area (Å²) in [6.45, 7) is 3.99. The number of piperidine rings is 1. The highest BCUT2D eigenvalue weighted by molar-refractivity contribution is 9.10. The van der Waals surface area contributed by atoms with Crippen molar-refractivity contribution >= 4 is 21.8 Å². The monoisotopic (exact) mass is 296 g/mol. The molecular formula is C13H17BrN2O. The molecule has 3 nitrogen and oxygen atoms in total. The van der Waals surface area contributed by atoms with Crippen molar-refractivity contribution in [2.45, 2.75) is 25.8 Å². The van der Waals surface area contributed by atoms with Crippen molar-refractivity contribution in [2.75, 3.05) is 13.1 Å². The molecular weight excluding hydrogens is 280 g/mol. The topological polar surface area (TPSA) is 41.1 Å². The summed E-state index contributed by atoms with van der Waals surface area (Å²) in [4.78, 5) is 12.1. The van der Waals surface area contributed by atoms with Gasteiger partial charge in [-0.05, 0) is 66.5 Å². The van der Waals surface area contributed by atoms with E-state index in [2.05, 4.69) is 26.6 Å². The van der Waals surface area contributed by atoms with Crippen LogP contribution in [0.3, 0.4) is 0 Å². The van der Waals surface area contributed by atoms with Gasteiger partial charge in [0, 0.05) is 10.5 Å². The van der Waals surface area contributed by atoms with Crippen molar-refractivity contribution in [2.24, 2.45) is 0 Å². The van der Waals surface area contributed by atoms with Gasteiger partial charge < -0.3 is 10.6 Å². The van der Waals surface area contributed by atoms with Gasteiger partial charge in [0.1, 0.15) is 0 Å². The molecule has 1 aliphatic heterocycles. The molecule has 0 aliphatic carbocycles. The zero-order valence-electron chi connectivity index (χ0n) is 9.92. The van der Waals surface area contributed by atoms with Gasteiger partial charge in [0.15, 0.2) is 0 Å². The molecule has 0 spiro atoms. The molecule has 1 heterocycles. The summed E-state index contributed by atoms with van der Waals surface area (Å²) in [7, 11) is 0. The van der Waals surface area contributed by atoms with Crippen LogP contribution in [0.5, 0.6) is 0 Å². The smallest absolute Gasteiger partial charge is 0.252 e. The highest BCUT2D eigenvalue weighted by Crippen LogP contribution is 2.18. The third kappa shape index (κ3) is 3.30. The maximum atomic E-state index is 12.1. The highest BCUT2D eigenvalue weighted by atomic mass is 79.9. The van der Waals surface area contributed by atoms with E-state index in [0.717, 1.165) is 36.0 Å². The average molecular weight is 297 g/mol. The zero-order valence-corrected chi connectivity index (χ0v) is 11.5. The molecule has 2 rings (SSSR count). The number of benzene rings is 1. The Labute approximate surface area is 110 Å². The Kier molecular flexibility index (Phi) is 4.18. The second-order valence-electron chi connectivity index (χ2n) is 4.48. The molecule has 1 aromatic rings. The van der Waals surface area contributed by atoms with E-state index in [-0.39, 0.29) is 5.91 Å². The molecule has 0 aromatic heterocycles. The van der Waals surface area contributed by atoms with Crippen LogP contribution >= 0.6 is 15.9 Å². The summed E-state index contributed by atoms with van der Waals surface area (Å²) < 4.78 is 0.865. The largest absolute Gasteiger partial charge is 0.349 e. The van der Waals surface area contributed by atoms with Crippen molar-refractivity contribution in [1.29, 1.82) is 0 Å². The fourth-order valence-electron chi connectivity index (χ4n) is 2.03. The maximum absolute atomic E-state index is 12.1. The molecule has 0 saturated carbocycles. The van der Waals surface area contributed by atoms with E-state index in [1.807, 2.05) is 25.1 Å². The van der Waals surface area contributed by atoms with Crippen molar-refractivity contribution in [3.63, 3.8) is 0 Å². The molecule has 17 heavy (non-hydrogen) atoms. The third-order valence-corrected chi connectivity index (χ3v) is 3.70. The Morgan fingerprint density at radius 3 is 2.76 bits per heavy atom. The summed E-state index contributed by atoms with van der Waals surface area (Å²) in [5.41, 5.74) is 1.87. The first-order chi connectivity index (χ1) is 8.16. The van der Waals surface area contributed by atoms with E-state index in [1.54, 1.807) is 0 Å². The maximum Gasteiger partial charge on any atom is 0.252 e. The van der Waals surface area contributed by atoms with Gasteiger partial charge in [0.2, 0.25) is 0 Å². The van der Waals surface area contributed by atoms with Gasteiger partial charge in [-0.3, -0.25) is 4.79 Å². The Morgan fingerprint density at radius 1 is 1.41 bits per heavy atom. The molecule has 0 unspecified atom stereocenters. The van der Waals surface area contributed by atoms with E-state index < -0.39 is 0 Å². The van der Waals surface area contributed by atoms with Gasteiger partial charge in [-0.2, -0.15) is 0 Å². The fourth-order valence-corrected chi connectivity index (χ4v) is 2.71. The highest BCUT2D eigenvalue weighted by Gasteiger charge is 2.17. The normalized spacial score (nSPS) is 16.8. The summed E-state index contributed by atoms with van der Waals surface area (Å²) >= 11 is 3.44. The van der Waals surface area contributed by atoms with Gasteiger partial charge in [0.05, 0.1) is 5.56 Å². The number of carbonyl (C=O) groups excluding carboxylic acids is 1. The molecule has 1 saturated heterocycles. The molecule has 1 aromatic carbocycles. The van der Waals surface area contributed by atoms with Crippen LogP contribution in [0.15, 0.2) is 22.7 Å². The van der Waals surface area contributed by atoms with Crippen molar-refractivity contribution in [3.05, 3.63) is 33.8 Å². The number of hydrogen-bond donors (Lipinski definition) is 2.